The van der Waals surface area contributed by atoms with Crippen LogP contribution in [0.2, 0.25) is 0 Å². The van der Waals surface area contributed by atoms with Crippen molar-refractivity contribution in [2.75, 3.05) is 25.0 Å². The maximum atomic E-state index is 12.3. The Hall–Kier alpha value is -2.24. The van der Waals surface area contributed by atoms with Crippen LogP contribution in [0, 0.1) is 6.92 Å². The van der Waals surface area contributed by atoms with Gasteiger partial charge in [0.1, 0.15) is 0 Å². The molecular formula is C21H23N3OS. The van der Waals surface area contributed by atoms with Crippen LogP contribution >= 0.6 is 11.3 Å². The van der Waals surface area contributed by atoms with Crippen LogP contribution in [0.15, 0.2) is 48.5 Å². The van der Waals surface area contributed by atoms with Crippen LogP contribution in [-0.4, -0.2) is 35.4 Å². The first-order valence-electron chi connectivity index (χ1n) is 9.12. The second-order valence-electron chi connectivity index (χ2n) is 6.99. The quantitative estimate of drug-likeness (QED) is 0.744. The van der Waals surface area contributed by atoms with Crippen LogP contribution in [0.5, 0.6) is 0 Å². The van der Waals surface area contributed by atoms with Crippen LogP contribution in [0.25, 0.3) is 10.2 Å². The van der Waals surface area contributed by atoms with Crippen molar-refractivity contribution in [2.24, 2.45) is 0 Å². The highest BCUT2D eigenvalue weighted by molar-refractivity contribution is 7.18. The number of nitrogens with zero attached hydrogens (tertiary/aromatic N) is 2. The molecule has 1 aromatic heterocycles. The molecule has 4 rings (SSSR count). The summed E-state index contributed by atoms with van der Waals surface area (Å²) in [6.07, 6.45) is 2.13. The summed E-state index contributed by atoms with van der Waals surface area (Å²) in [5.74, 6) is 0.581. The molecule has 0 radical (unpaired) electrons. The van der Waals surface area contributed by atoms with E-state index in [4.69, 9.17) is 4.98 Å². The van der Waals surface area contributed by atoms with Gasteiger partial charge < -0.3 is 5.32 Å². The minimum atomic E-state index is 0.0639. The molecule has 1 saturated heterocycles. The maximum absolute atomic E-state index is 12.3. The van der Waals surface area contributed by atoms with E-state index in [1.807, 2.05) is 48.6 Å². The van der Waals surface area contributed by atoms with Gasteiger partial charge in [-0.15, -0.1) is 11.3 Å². The van der Waals surface area contributed by atoms with Gasteiger partial charge in [-0.1, -0.05) is 24.3 Å². The molecule has 5 heteroatoms. The predicted molar refractivity (Wildman–Crippen MR) is 108 cm³/mol. The lowest BCUT2D eigenvalue weighted by Gasteiger charge is -2.30. The molecule has 0 bridgehead atoms. The van der Waals surface area contributed by atoms with Crippen molar-refractivity contribution in [1.29, 1.82) is 0 Å². The molecule has 1 amide bonds. The Labute approximate surface area is 157 Å². The number of hydrogen-bond acceptors (Lipinski definition) is 4. The first-order chi connectivity index (χ1) is 12.7. The van der Waals surface area contributed by atoms with E-state index >= 15 is 0 Å². The number of aromatic nitrogens is 1. The van der Waals surface area contributed by atoms with Gasteiger partial charge >= 0.3 is 0 Å². The van der Waals surface area contributed by atoms with Gasteiger partial charge in [0.05, 0.1) is 21.8 Å². The van der Waals surface area contributed by atoms with Gasteiger partial charge in [0.15, 0.2) is 0 Å². The molecule has 26 heavy (non-hydrogen) atoms. The molecule has 1 N–H and O–H groups in total. The average Bonchev–Trinajstić information content (AvgIpc) is 3.06. The van der Waals surface area contributed by atoms with Gasteiger partial charge in [0, 0.05) is 11.6 Å². The van der Waals surface area contributed by atoms with Gasteiger partial charge in [0.25, 0.3) is 0 Å². The molecule has 1 fully saturated rings. The number of likely N-dealkylation sites (tertiary alicyclic amines) is 1. The van der Waals surface area contributed by atoms with Crippen LogP contribution in [0.3, 0.4) is 0 Å². The maximum Gasteiger partial charge on any atom is 0.238 e. The summed E-state index contributed by atoms with van der Waals surface area (Å²) in [7, 11) is 0. The largest absolute Gasteiger partial charge is 0.325 e. The molecule has 4 nitrogen and oxygen atoms in total. The van der Waals surface area contributed by atoms with E-state index in [2.05, 4.69) is 28.4 Å². The average molecular weight is 366 g/mol. The Morgan fingerprint density at radius 2 is 2.00 bits per heavy atom. The third kappa shape index (κ3) is 3.94. The van der Waals surface area contributed by atoms with Crippen molar-refractivity contribution >= 4 is 33.1 Å². The monoisotopic (exact) mass is 365 g/mol. The lowest BCUT2D eigenvalue weighted by atomic mass is 9.97. The summed E-state index contributed by atoms with van der Waals surface area (Å²) >= 11 is 1.81. The third-order valence-corrected chi connectivity index (χ3v) is 6.12. The Bertz CT molecular complexity index is 879. The lowest BCUT2D eigenvalue weighted by molar-refractivity contribution is -0.117. The number of fused-ring (bicyclic) bond motifs is 1. The number of carbonyl (C=O) groups is 1. The minimum Gasteiger partial charge on any atom is -0.325 e. The number of piperidine rings is 1. The molecule has 2 aromatic carbocycles. The SMILES string of the molecule is Cc1cccc(NC(=O)CN2CCC(c3nc4ccccc4s3)CC2)c1. The Kier molecular flexibility index (Phi) is 5.00. The standard InChI is InChI=1S/C21H23N3OS/c1-15-5-4-6-17(13-15)22-20(25)14-24-11-9-16(10-12-24)21-23-18-7-2-3-8-19(18)26-21/h2-8,13,16H,9-12,14H2,1H3,(H,22,25). The van der Waals surface area contributed by atoms with Crippen LogP contribution in [-0.2, 0) is 4.79 Å². The summed E-state index contributed by atoms with van der Waals surface area (Å²) in [5.41, 5.74) is 3.13. The van der Waals surface area contributed by atoms with E-state index in [-0.39, 0.29) is 5.91 Å². The number of thiazole rings is 1. The summed E-state index contributed by atoms with van der Waals surface area (Å²) < 4.78 is 1.27. The number of carbonyl (C=O) groups excluding carboxylic acids is 1. The molecular weight excluding hydrogens is 342 g/mol. The zero-order chi connectivity index (χ0) is 17.9. The van der Waals surface area contributed by atoms with Crippen molar-refractivity contribution in [1.82, 2.24) is 9.88 Å². The van der Waals surface area contributed by atoms with E-state index in [1.165, 1.54) is 9.71 Å². The number of aryl methyl sites for hydroxylation is 1. The first kappa shape index (κ1) is 17.2. The van der Waals surface area contributed by atoms with Gasteiger partial charge in [-0.25, -0.2) is 4.98 Å². The van der Waals surface area contributed by atoms with Crippen molar-refractivity contribution in [3.05, 3.63) is 59.1 Å². The van der Waals surface area contributed by atoms with E-state index in [0.29, 0.717) is 12.5 Å². The second kappa shape index (κ2) is 7.56. The normalized spacial score (nSPS) is 16.0. The van der Waals surface area contributed by atoms with Crippen LogP contribution in [0.1, 0.15) is 29.3 Å². The Morgan fingerprint density at radius 1 is 1.19 bits per heavy atom. The summed E-state index contributed by atoms with van der Waals surface area (Å²) in [6, 6.07) is 16.3. The van der Waals surface area contributed by atoms with Gasteiger partial charge in [-0.3, -0.25) is 9.69 Å². The molecule has 1 aliphatic rings. The number of amides is 1. The molecule has 134 valence electrons. The minimum absolute atomic E-state index is 0.0639. The van der Waals surface area contributed by atoms with E-state index in [9.17, 15) is 4.79 Å². The molecule has 1 aliphatic heterocycles. The van der Waals surface area contributed by atoms with Gasteiger partial charge in [-0.2, -0.15) is 0 Å². The van der Waals surface area contributed by atoms with Crippen molar-refractivity contribution in [3.63, 3.8) is 0 Å². The van der Waals surface area contributed by atoms with Gasteiger partial charge in [-0.05, 0) is 62.7 Å². The molecule has 2 heterocycles. The molecule has 0 atom stereocenters. The van der Waals surface area contributed by atoms with E-state index in [1.54, 1.807) is 0 Å². The number of hydrogen-bond donors (Lipinski definition) is 1. The fraction of sp³-hybridized carbons (Fsp3) is 0.333. The van der Waals surface area contributed by atoms with Crippen molar-refractivity contribution in [2.45, 2.75) is 25.7 Å². The molecule has 0 unspecified atom stereocenters. The topological polar surface area (TPSA) is 45.2 Å². The van der Waals surface area contributed by atoms with E-state index in [0.717, 1.165) is 42.7 Å². The molecule has 3 aromatic rings. The molecule has 0 aliphatic carbocycles. The first-order valence-corrected chi connectivity index (χ1v) is 9.93. The Balaban J connectivity index is 1.31. The highest BCUT2D eigenvalue weighted by Crippen LogP contribution is 2.33. The van der Waals surface area contributed by atoms with Crippen LogP contribution in [0.4, 0.5) is 5.69 Å². The zero-order valence-corrected chi connectivity index (χ0v) is 15.8. The molecule has 0 spiro atoms. The fourth-order valence-electron chi connectivity index (χ4n) is 3.53. The lowest BCUT2D eigenvalue weighted by Crippen LogP contribution is -2.38. The predicted octanol–water partition coefficient (Wildman–Crippen LogP) is 4.42. The van der Waals surface area contributed by atoms with Gasteiger partial charge in [0.2, 0.25) is 5.91 Å². The number of rotatable bonds is 4. The van der Waals surface area contributed by atoms with Crippen LogP contribution < -0.4 is 5.32 Å². The summed E-state index contributed by atoms with van der Waals surface area (Å²) in [4.78, 5) is 19.4. The smallest absolute Gasteiger partial charge is 0.238 e. The number of benzene rings is 2. The highest BCUT2D eigenvalue weighted by Gasteiger charge is 2.24. The number of anilines is 1. The second-order valence-corrected chi connectivity index (χ2v) is 8.05. The number of para-hydroxylation sites is 1. The zero-order valence-electron chi connectivity index (χ0n) is 14.9. The molecule has 0 saturated carbocycles. The number of nitrogens with one attached hydrogen (secondary N) is 1. The van der Waals surface area contributed by atoms with Crippen molar-refractivity contribution < 1.29 is 4.79 Å². The highest BCUT2D eigenvalue weighted by atomic mass is 32.1. The third-order valence-electron chi connectivity index (χ3n) is 4.92. The summed E-state index contributed by atoms with van der Waals surface area (Å²) in [5, 5.41) is 4.25. The summed E-state index contributed by atoms with van der Waals surface area (Å²) in [6.45, 7) is 4.38. The van der Waals surface area contributed by atoms with E-state index < -0.39 is 0 Å². The fourth-order valence-corrected chi connectivity index (χ4v) is 4.67. The van der Waals surface area contributed by atoms with Crippen molar-refractivity contribution in [3.8, 4) is 0 Å². The Morgan fingerprint density at radius 3 is 2.77 bits per heavy atom.